The Kier molecular flexibility index (Phi) is 4.64. The second-order valence-electron chi connectivity index (χ2n) is 3.40. The number of halogens is 1. The number of rotatable bonds is 5. The fourth-order valence-electron chi connectivity index (χ4n) is 1.25. The summed E-state index contributed by atoms with van der Waals surface area (Å²) in [5, 5.41) is 9.23. The van der Waals surface area contributed by atoms with E-state index in [1.807, 2.05) is 0 Å². The molecule has 0 spiro atoms. The van der Waals surface area contributed by atoms with Gasteiger partial charge in [0, 0.05) is 10.9 Å². The second kappa shape index (κ2) is 5.77. The molecule has 0 heterocycles. The van der Waals surface area contributed by atoms with Crippen molar-refractivity contribution in [1.29, 1.82) is 0 Å². The first kappa shape index (κ1) is 12.9. The molecule has 0 aliphatic heterocycles. The predicted octanol–water partition coefficient (Wildman–Crippen LogP) is 1.57. The first-order chi connectivity index (χ1) is 7.54. The van der Waals surface area contributed by atoms with Crippen LogP contribution in [-0.4, -0.2) is 22.9 Å². The maximum atomic E-state index is 11.7. The highest BCUT2D eigenvalue weighted by Crippen LogP contribution is 2.10. The third kappa shape index (κ3) is 3.43. The second-order valence-corrected chi connectivity index (χ2v) is 3.96. The minimum absolute atomic E-state index is 0.344. The zero-order chi connectivity index (χ0) is 12.1. The highest BCUT2D eigenvalue weighted by molar-refractivity contribution is 9.08. The van der Waals surface area contributed by atoms with Crippen LogP contribution in [0.1, 0.15) is 22.3 Å². The van der Waals surface area contributed by atoms with Crippen LogP contribution in [0.4, 0.5) is 0 Å². The molecule has 0 fully saturated rings. The molecule has 1 aromatic rings. The van der Waals surface area contributed by atoms with Crippen molar-refractivity contribution in [2.75, 3.05) is 0 Å². The molecule has 1 rings (SSSR count). The van der Waals surface area contributed by atoms with Gasteiger partial charge in [0.1, 0.15) is 0 Å². The van der Waals surface area contributed by atoms with E-state index in [4.69, 9.17) is 10.8 Å². The zero-order valence-electron chi connectivity index (χ0n) is 8.52. The summed E-state index contributed by atoms with van der Waals surface area (Å²) in [6.45, 7) is 0. The van der Waals surface area contributed by atoms with Crippen molar-refractivity contribution in [3.63, 3.8) is 0 Å². The fraction of sp³-hybridized carbons (Fsp3) is 0.273. The lowest BCUT2D eigenvalue weighted by Gasteiger charge is -2.08. The molecule has 4 nitrogen and oxygen atoms in total. The summed E-state index contributed by atoms with van der Waals surface area (Å²) in [6.07, 6.45) is -0.348. The number of Topliss-reactive ketones (excluding diaryl/α,β-unsaturated/α-hetero) is 1. The molecule has 86 valence electrons. The molecule has 0 saturated heterocycles. The summed E-state index contributed by atoms with van der Waals surface area (Å²) < 4.78 is 0. The Bertz CT molecular complexity index is 389. The Morgan fingerprint density at radius 1 is 1.31 bits per heavy atom. The van der Waals surface area contributed by atoms with E-state index >= 15 is 0 Å². The van der Waals surface area contributed by atoms with Crippen LogP contribution >= 0.6 is 15.9 Å². The van der Waals surface area contributed by atoms with Crippen LogP contribution in [0.15, 0.2) is 24.3 Å². The van der Waals surface area contributed by atoms with Crippen molar-refractivity contribution in [1.82, 2.24) is 0 Å². The molecule has 0 aliphatic carbocycles. The molecule has 1 aromatic carbocycles. The van der Waals surface area contributed by atoms with Gasteiger partial charge in [-0.3, -0.25) is 9.59 Å². The summed E-state index contributed by atoms with van der Waals surface area (Å²) in [5.74, 6) is -1.42. The smallest absolute Gasteiger partial charge is 0.305 e. The molecule has 0 amide bonds. The number of hydrogen-bond donors (Lipinski definition) is 2. The molecule has 3 N–H and O–H groups in total. The minimum Gasteiger partial charge on any atom is -0.481 e. The molecule has 1 atom stereocenters. The van der Waals surface area contributed by atoms with Gasteiger partial charge in [-0.1, -0.05) is 40.2 Å². The van der Waals surface area contributed by atoms with Gasteiger partial charge in [0.2, 0.25) is 0 Å². The van der Waals surface area contributed by atoms with E-state index in [0.29, 0.717) is 10.9 Å². The molecule has 0 saturated carbocycles. The number of carbonyl (C=O) groups is 2. The highest BCUT2D eigenvalue weighted by atomic mass is 79.9. The number of nitrogens with two attached hydrogens (primary N) is 1. The fourth-order valence-corrected chi connectivity index (χ4v) is 1.63. The lowest BCUT2D eigenvalue weighted by molar-refractivity contribution is -0.137. The number of carbonyl (C=O) groups excluding carboxylic acids is 1. The molecule has 16 heavy (non-hydrogen) atoms. The summed E-state index contributed by atoms with van der Waals surface area (Å²) in [4.78, 5) is 22.1. The number of carboxylic acids is 1. The lowest BCUT2D eigenvalue weighted by Crippen LogP contribution is -2.32. The number of aliphatic carboxylic acids is 1. The molecule has 0 aromatic heterocycles. The van der Waals surface area contributed by atoms with Gasteiger partial charge in [0.25, 0.3) is 0 Å². The van der Waals surface area contributed by atoms with Crippen LogP contribution in [0.3, 0.4) is 0 Å². The predicted molar refractivity (Wildman–Crippen MR) is 63.6 cm³/mol. The standard InChI is InChI=1S/C11H12BrNO3/c12-6-7-1-3-8(4-2-7)11(16)9(13)5-10(14)15/h1-4,9H,5-6,13H2,(H,14,15). The Morgan fingerprint density at radius 3 is 2.31 bits per heavy atom. The van der Waals surface area contributed by atoms with Gasteiger partial charge in [-0.2, -0.15) is 0 Å². The first-order valence-electron chi connectivity index (χ1n) is 4.71. The largest absolute Gasteiger partial charge is 0.481 e. The lowest BCUT2D eigenvalue weighted by atomic mass is 10.0. The van der Waals surface area contributed by atoms with Gasteiger partial charge >= 0.3 is 5.97 Å². The number of benzene rings is 1. The quantitative estimate of drug-likeness (QED) is 0.636. The first-order valence-corrected chi connectivity index (χ1v) is 5.83. The Morgan fingerprint density at radius 2 is 1.88 bits per heavy atom. The highest BCUT2D eigenvalue weighted by Gasteiger charge is 2.18. The van der Waals surface area contributed by atoms with Gasteiger partial charge in [-0.15, -0.1) is 0 Å². The topological polar surface area (TPSA) is 80.4 Å². The minimum atomic E-state index is -1.07. The Labute approximate surface area is 102 Å². The maximum Gasteiger partial charge on any atom is 0.305 e. The van der Waals surface area contributed by atoms with Crippen LogP contribution in [0, 0.1) is 0 Å². The molecule has 0 radical (unpaired) electrons. The maximum absolute atomic E-state index is 11.7. The summed E-state index contributed by atoms with van der Waals surface area (Å²) in [6, 6.07) is 5.93. The number of hydrogen-bond acceptors (Lipinski definition) is 3. The monoisotopic (exact) mass is 285 g/mol. The Hall–Kier alpha value is -1.20. The summed E-state index contributed by atoms with van der Waals surface area (Å²) >= 11 is 3.29. The molecule has 0 bridgehead atoms. The van der Waals surface area contributed by atoms with Crippen LogP contribution in [-0.2, 0) is 10.1 Å². The Balaban J connectivity index is 2.75. The van der Waals surface area contributed by atoms with Crippen molar-refractivity contribution >= 4 is 27.7 Å². The molecule has 1 unspecified atom stereocenters. The van der Waals surface area contributed by atoms with Crippen LogP contribution < -0.4 is 5.73 Å². The molecular weight excluding hydrogens is 274 g/mol. The van der Waals surface area contributed by atoms with E-state index in [2.05, 4.69) is 15.9 Å². The number of alkyl halides is 1. The number of ketones is 1. The third-order valence-corrected chi connectivity index (χ3v) is 2.77. The van der Waals surface area contributed by atoms with Crippen molar-refractivity contribution < 1.29 is 14.7 Å². The third-order valence-electron chi connectivity index (χ3n) is 2.12. The average molecular weight is 286 g/mol. The van der Waals surface area contributed by atoms with Crippen LogP contribution in [0.2, 0.25) is 0 Å². The molecular formula is C11H12BrNO3. The zero-order valence-corrected chi connectivity index (χ0v) is 10.1. The van der Waals surface area contributed by atoms with Gasteiger partial charge in [-0.25, -0.2) is 0 Å². The average Bonchev–Trinajstić information content (AvgIpc) is 2.27. The van der Waals surface area contributed by atoms with E-state index < -0.39 is 12.0 Å². The normalized spacial score (nSPS) is 12.1. The molecule has 0 aliphatic rings. The van der Waals surface area contributed by atoms with Crippen LogP contribution in [0.5, 0.6) is 0 Å². The van der Waals surface area contributed by atoms with E-state index in [9.17, 15) is 9.59 Å². The van der Waals surface area contributed by atoms with Gasteiger partial charge in [-0.05, 0) is 5.56 Å². The van der Waals surface area contributed by atoms with E-state index in [-0.39, 0.29) is 12.2 Å². The summed E-state index contributed by atoms with van der Waals surface area (Å²) in [7, 11) is 0. The van der Waals surface area contributed by atoms with Crippen molar-refractivity contribution in [3.05, 3.63) is 35.4 Å². The molecule has 5 heteroatoms. The number of carboxylic acid groups (broad SMARTS) is 1. The van der Waals surface area contributed by atoms with E-state index in [1.54, 1.807) is 24.3 Å². The van der Waals surface area contributed by atoms with Crippen molar-refractivity contribution in [2.24, 2.45) is 5.73 Å². The van der Waals surface area contributed by atoms with E-state index in [0.717, 1.165) is 5.56 Å². The van der Waals surface area contributed by atoms with Crippen molar-refractivity contribution in [2.45, 2.75) is 17.8 Å². The summed E-state index contributed by atoms with van der Waals surface area (Å²) in [5.41, 5.74) is 6.97. The van der Waals surface area contributed by atoms with Gasteiger partial charge < -0.3 is 10.8 Å². The SMILES string of the molecule is NC(CC(=O)O)C(=O)c1ccc(CBr)cc1. The van der Waals surface area contributed by atoms with Gasteiger partial charge in [0.05, 0.1) is 12.5 Å². The van der Waals surface area contributed by atoms with Crippen molar-refractivity contribution in [3.8, 4) is 0 Å². The van der Waals surface area contributed by atoms with E-state index in [1.165, 1.54) is 0 Å². The van der Waals surface area contributed by atoms with Crippen LogP contribution in [0.25, 0.3) is 0 Å². The van der Waals surface area contributed by atoms with Gasteiger partial charge in [0.15, 0.2) is 5.78 Å².